The van der Waals surface area contributed by atoms with Crippen molar-refractivity contribution in [2.45, 2.75) is 18.6 Å². The fourth-order valence-corrected chi connectivity index (χ4v) is 3.83. The Bertz CT molecular complexity index is 822. The minimum Gasteiger partial charge on any atom is -0.497 e. The maximum Gasteiger partial charge on any atom is 0.248 e. The second-order valence-corrected chi connectivity index (χ2v) is 6.70. The maximum absolute atomic E-state index is 12.7. The lowest BCUT2D eigenvalue weighted by molar-refractivity contribution is -0.139. The standard InChI is InChI=1S/C20H21N3O3/c1-22-19(24)16-17(14-8-10-15(26-2)11-9-14)21-23(18(16)20(22)25)12-13-6-4-3-5-7-13/h3-11,16-18,21H,12H2,1-2H3/t16-,17+,18-/m1/s1. The topological polar surface area (TPSA) is 61.9 Å². The largest absolute Gasteiger partial charge is 0.497 e. The van der Waals surface area contributed by atoms with Crippen molar-refractivity contribution >= 4 is 11.8 Å². The van der Waals surface area contributed by atoms with Gasteiger partial charge < -0.3 is 4.74 Å². The van der Waals surface area contributed by atoms with E-state index in [0.717, 1.165) is 16.9 Å². The summed E-state index contributed by atoms with van der Waals surface area (Å²) in [5.74, 6) is 0.0447. The van der Waals surface area contributed by atoms with Crippen LogP contribution in [-0.2, 0) is 16.1 Å². The molecule has 0 aromatic heterocycles. The molecule has 2 saturated heterocycles. The molecule has 2 fully saturated rings. The third kappa shape index (κ3) is 2.67. The van der Waals surface area contributed by atoms with Crippen molar-refractivity contribution in [2.75, 3.05) is 14.2 Å². The average molecular weight is 351 g/mol. The highest BCUT2D eigenvalue weighted by Crippen LogP contribution is 2.40. The zero-order valence-corrected chi connectivity index (χ0v) is 14.8. The smallest absolute Gasteiger partial charge is 0.248 e. The van der Waals surface area contributed by atoms with E-state index in [1.165, 1.54) is 4.90 Å². The molecular formula is C20H21N3O3. The lowest BCUT2D eigenvalue weighted by Crippen LogP contribution is -2.43. The van der Waals surface area contributed by atoms with Gasteiger partial charge in [0.05, 0.1) is 19.1 Å². The van der Waals surface area contributed by atoms with E-state index in [1.807, 2.05) is 59.6 Å². The molecule has 3 atom stereocenters. The van der Waals surface area contributed by atoms with Gasteiger partial charge in [-0.05, 0) is 23.3 Å². The Labute approximate surface area is 152 Å². The van der Waals surface area contributed by atoms with Gasteiger partial charge in [0.15, 0.2) is 0 Å². The number of methoxy groups -OCH3 is 1. The monoisotopic (exact) mass is 351 g/mol. The molecule has 2 aliphatic rings. The Morgan fingerprint density at radius 1 is 1.00 bits per heavy atom. The molecule has 2 amide bonds. The highest BCUT2D eigenvalue weighted by molar-refractivity contribution is 6.07. The third-order valence-corrected chi connectivity index (χ3v) is 5.21. The van der Waals surface area contributed by atoms with Crippen LogP contribution in [0.15, 0.2) is 54.6 Å². The number of amides is 2. The SMILES string of the molecule is COc1ccc([C@@H]2NN(Cc3ccccc3)[C@H]3C(=O)N(C)C(=O)[C@H]23)cc1. The fraction of sp³-hybridized carbons (Fsp3) is 0.300. The molecule has 1 N–H and O–H groups in total. The molecule has 2 aromatic rings. The number of nitrogens with one attached hydrogen (secondary N) is 1. The molecule has 6 nitrogen and oxygen atoms in total. The Morgan fingerprint density at radius 3 is 2.35 bits per heavy atom. The molecule has 0 saturated carbocycles. The van der Waals surface area contributed by atoms with Crippen LogP contribution in [0.3, 0.4) is 0 Å². The molecule has 0 bridgehead atoms. The zero-order valence-electron chi connectivity index (χ0n) is 14.8. The number of fused-ring (bicyclic) bond motifs is 1. The number of likely N-dealkylation sites (tertiary alicyclic amines) is 1. The molecule has 2 heterocycles. The highest BCUT2D eigenvalue weighted by atomic mass is 16.5. The van der Waals surface area contributed by atoms with Crippen LogP contribution in [0.4, 0.5) is 0 Å². The quantitative estimate of drug-likeness (QED) is 0.851. The molecule has 0 spiro atoms. The lowest BCUT2D eigenvalue weighted by Gasteiger charge is -2.23. The zero-order chi connectivity index (χ0) is 18.3. The number of likely N-dealkylation sites (N-methyl/N-ethyl adjacent to an activating group) is 1. The van der Waals surface area contributed by atoms with E-state index in [2.05, 4.69) is 5.43 Å². The molecule has 2 aliphatic heterocycles. The molecular weight excluding hydrogens is 330 g/mol. The number of carbonyl (C=O) groups is 2. The number of benzene rings is 2. The Balaban J connectivity index is 1.67. The first-order valence-electron chi connectivity index (χ1n) is 8.62. The number of nitrogens with zero attached hydrogens (tertiary/aromatic N) is 2. The van der Waals surface area contributed by atoms with E-state index < -0.39 is 12.0 Å². The second kappa shape index (κ2) is 6.55. The summed E-state index contributed by atoms with van der Waals surface area (Å²) in [6, 6.07) is 16.8. The van der Waals surface area contributed by atoms with Crippen molar-refractivity contribution < 1.29 is 14.3 Å². The lowest BCUT2D eigenvalue weighted by atomic mass is 9.91. The molecule has 0 unspecified atom stereocenters. The van der Waals surface area contributed by atoms with E-state index in [9.17, 15) is 9.59 Å². The van der Waals surface area contributed by atoms with Crippen molar-refractivity contribution in [1.82, 2.24) is 15.3 Å². The highest BCUT2D eigenvalue weighted by Gasteiger charge is 2.57. The molecule has 0 aliphatic carbocycles. The van der Waals surface area contributed by atoms with Gasteiger partial charge in [0.2, 0.25) is 11.8 Å². The number of carbonyl (C=O) groups excluding carboxylic acids is 2. The van der Waals surface area contributed by atoms with Gasteiger partial charge >= 0.3 is 0 Å². The van der Waals surface area contributed by atoms with Gasteiger partial charge in [0, 0.05) is 13.6 Å². The third-order valence-electron chi connectivity index (χ3n) is 5.21. The van der Waals surface area contributed by atoms with Crippen LogP contribution < -0.4 is 10.2 Å². The van der Waals surface area contributed by atoms with Crippen LogP contribution in [-0.4, -0.2) is 41.9 Å². The van der Waals surface area contributed by atoms with Crippen molar-refractivity contribution in [3.8, 4) is 5.75 Å². The predicted octanol–water partition coefficient (Wildman–Crippen LogP) is 1.74. The first kappa shape index (κ1) is 16.8. The number of hydrogen-bond acceptors (Lipinski definition) is 5. The van der Waals surface area contributed by atoms with Gasteiger partial charge in [0.25, 0.3) is 0 Å². The number of hydrazine groups is 1. The molecule has 2 aromatic carbocycles. The summed E-state index contributed by atoms with van der Waals surface area (Å²) in [7, 11) is 3.18. The fourth-order valence-electron chi connectivity index (χ4n) is 3.83. The molecule has 26 heavy (non-hydrogen) atoms. The number of ether oxygens (including phenoxy) is 1. The number of rotatable bonds is 4. The van der Waals surface area contributed by atoms with Crippen LogP contribution in [0.2, 0.25) is 0 Å². The van der Waals surface area contributed by atoms with E-state index in [0.29, 0.717) is 6.54 Å². The van der Waals surface area contributed by atoms with Crippen molar-refractivity contribution in [3.63, 3.8) is 0 Å². The minimum atomic E-state index is -0.486. The van der Waals surface area contributed by atoms with Gasteiger partial charge in [-0.1, -0.05) is 42.5 Å². The second-order valence-electron chi connectivity index (χ2n) is 6.70. The van der Waals surface area contributed by atoms with Crippen molar-refractivity contribution in [3.05, 3.63) is 65.7 Å². The maximum atomic E-state index is 12.7. The predicted molar refractivity (Wildman–Crippen MR) is 95.9 cm³/mol. The molecule has 4 rings (SSSR count). The van der Waals surface area contributed by atoms with Gasteiger partial charge in [-0.25, -0.2) is 10.4 Å². The van der Waals surface area contributed by atoms with Gasteiger partial charge in [-0.2, -0.15) is 0 Å². The van der Waals surface area contributed by atoms with E-state index in [4.69, 9.17) is 4.74 Å². The first-order chi connectivity index (χ1) is 12.6. The summed E-state index contributed by atoms with van der Waals surface area (Å²) in [5.41, 5.74) is 5.45. The molecule has 134 valence electrons. The van der Waals surface area contributed by atoms with E-state index >= 15 is 0 Å². The summed E-state index contributed by atoms with van der Waals surface area (Å²) in [6.07, 6.45) is 0. The molecule has 6 heteroatoms. The average Bonchev–Trinajstić information content (AvgIpc) is 3.15. The summed E-state index contributed by atoms with van der Waals surface area (Å²) >= 11 is 0. The van der Waals surface area contributed by atoms with Crippen LogP contribution in [0.1, 0.15) is 17.2 Å². The van der Waals surface area contributed by atoms with Crippen LogP contribution in [0, 0.1) is 5.92 Å². The van der Waals surface area contributed by atoms with Crippen molar-refractivity contribution in [1.29, 1.82) is 0 Å². The number of imide groups is 1. The molecule has 0 radical (unpaired) electrons. The van der Waals surface area contributed by atoms with Gasteiger partial charge in [-0.15, -0.1) is 0 Å². The minimum absolute atomic E-state index is 0.135. The summed E-state index contributed by atoms with van der Waals surface area (Å²) < 4.78 is 5.21. The Morgan fingerprint density at radius 2 is 1.69 bits per heavy atom. The van der Waals surface area contributed by atoms with Crippen LogP contribution >= 0.6 is 0 Å². The normalized spacial score (nSPS) is 25.6. The summed E-state index contributed by atoms with van der Waals surface area (Å²) in [4.78, 5) is 26.6. The van der Waals surface area contributed by atoms with Crippen LogP contribution in [0.5, 0.6) is 5.75 Å². The van der Waals surface area contributed by atoms with E-state index in [1.54, 1.807) is 14.2 Å². The summed E-state index contributed by atoms with van der Waals surface area (Å²) in [6.45, 7) is 0.557. The van der Waals surface area contributed by atoms with E-state index in [-0.39, 0.29) is 17.9 Å². The van der Waals surface area contributed by atoms with Crippen LogP contribution in [0.25, 0.3) is 0 Å². The summed E-state index contributed by atoms with van der Waals surface area (Å²) in [5, 5.41) is 1.90. The Hall–Kier alpha value is -2.70. The first-order valence-corrected chi connectivity index (χ1v) is 8.62. The van der Waals surface area contributed by atoms with Gasteiger partial charge in [0.1, 0.15) is 11.8 Å². The van der Waals surface area contributed by atoms with Gasteiger partial charge in [-0.3, -0.25) is 14.5 Å². The van der Waals surface area contributed by atoms with Crippen molar-refractivity contribution in [2.24, 2.45) is 5.92 Å². The Kier molecular flexibility index (Phi) is 4.22. The number of hydrogen-bond donors (Lipinski definition) is 1.